The van der Waals surface area contributed by atoms with Crippen LogP contribution in [0.2, 0.25) is 0 Å². The van der Waals surface area contributed by atoms with Crippen molar-refractivity contribution in [2.45, 2.75) is 25.8 Å². The van der Waals surface area contributed by atoms with Crippen molar-refractivity contribution in [2.24, 2.45) is 0 Å². The molecule has 0 heterocycles. The topological polar surface area (TPSA) is 69.6 Å². The van der Waals surface area contributed by atoms with E-state index in [2.05, 4.69) is 5.32 Å². The van der Waals surface area contributed by atoms with Gasteiger partial charge in [0.05, 0.1) is 19.1 Å². The molecule has 0 radical (unpaired) electrons. The molecule has 16 heavy (non-hydrogen) atoms. The summed E-state index contributed by atoms with van der Waals surface area (Å²) in [6, 6.07) is 6.40. The fourth-order valence-corrected chi connectivity index (χ4v) is 1.41. The van der Waals surface area contributed by atoms with Gasteiger partial charge in [-0.05, 0) is 24.1 Å². The quantitative estimate of drug-likeness (QED) is 0.692. The summed E-state index contributed by atoms with van der Waals surface area (Å²) in [6.07, 6.45) is 0.910. The molecule has 1 aromatic carbocycles. The number of rotatable bonds is 5. The maximum atomic E-state index is 11.5. The van der Waals surface area contributed by atoms with Crippen molar-refractivity contribution >= 4 is 5.91 Å². The van der Waals surface area contributed by atoms with E-state index in [0.29, 0.717) is 6.42 Å². The fraction of sp³-hybridized carbons (Fsp3) is 0.417. The Bertz CT molecular complexity index is 348. The summed E-state index contributed by atoms with van der Waals surface area (Å²) in [7, 11) is 0. The highest BCUT2D eigenvalue weighted by Gasteiger charge is 2.09. The average Bonchev–Trinajstić information content (AvgIpc) is 2.26. The monoisotopic (exact) mass is 223 g/mol. The van der Waals surface area contributed by atoms with Crippen LogP contribution in [-0.2, 0) is 11.2 Å². The number of hydrogen-bond acceptors (Lipinski definition) is 3. The Morgan fingerprint density at radius 1 is 1.50 bits per heavy atom. The Balaban J connectivity index is 2.51. The van der Waals surface area contributed by atoms with Crippen molar-refractivity contribution in [2.75, 3.05) is 6.61 Å². The summed E-state index contributed by atoms with van der Waals surface area (Å²) in [5.41, 5.74) is 0.755. The summed E-state index contributed by atoms with van der Waals surface area (Å²) in [4.78, 5) is 11.5. The summed E-state index contributed by atoms with van der Waals surface area (Å²) in [5.74, 6) is 0.00556. The number of hydrogen-bond donors (Lipinski definition) is 3. The maximum absolute atomic E-state index is 11.5. The second kappa shape index (κ2) is 6.12. The third-order valence-corrected chi connectivity index (χ3v) is 2.35. The van der Waals surface area contributed by atoms with Crippen molar-refractivity contribution in [1.29, 1.82) is 0 Å². The molecule has 0 aliphatic carbocycles. The first-order valence-electron chi connectivity index (χ1n) is 5.33. The highest BCUT2D eigenvalue weighted by molar-refractivity contribution is 5.78. The number of amides is 1. The highest BCUT2D eigenvalue weighted by Crippen LogP contribution is 2.11. The van der Waals surface area contributed by atoms with Crippen LogP contribution < -0.4 is 5.32 Å². The minimum Gasteiger partial charge on any atom is -0.508 e. The van der Waals surface area contributed by atoms with E-state index in [1.165, 1.54) is 0 Å². The summed E-state index contributed by atoms with van der Waals surface area (Å²) in [5, 5.41) is 20.9. The van der Waals surface area contributed by atoms with Gasteiger partial charge in [0.15, 0.2) is 0 Å². The normalized spacial score (nSPS) is 12.1. The molecule has 1 rings (SSSR count). The van der Waals surface area contributed by atoms with Gasteiger partial charge in [0.25, 0.3) is 0 Å². The molecule has 4 heteroatoms. The van der Waals surface area contributed by atoms with Crippen LogP contribution in [0.4, 0.5) is 0 Å². The molecule has 1 amide bonds. The zero-order valence-electron chi connectivity index (χ0n) is 9.31. The van der Waals surface area contributed by atoms with E-state index in [4.69, 9.17) is 5.11 Å². The van der Waals surface area contributed by atoms with Crippen LogP contribution >= 0.6 is 0 Å². The molecule has 88 valence electrons. The number of aliphatic hydroxyl groups excluding tert-OH is 1. The molecular formula is C12H17NO3. The molecular weight excluding hydrogens is 206 g/mol. The average molecular weight is 223 g/mol. The van der Waals surface area contributed by atoms with E-state index in [1.807, 2.05) is 6.92 Å². The zero-order chi connectivity index (χ0) is 12.0. The van der Waals surface area contributed by atoms with Crippen LogP contribution in [0.25, 0.3) is 0 Å². The van der Waals surface area contributed by atoms with Gasteiger partial charge in [-0.3, -0.25) is 4.79 Å². The number of benzene rings is 1. The zero-order valence-corrected chi connectivity index (χ0v) is 9.31. The molecule has 0 saturated carbocycles. The SMILES string of the molecule is CC[C@@H](CO)NC(=O)Cc1cccc(O)c1. The number of nitrogens with one attached hydrogen (secondary N) is 1. The lowest BCUT2D eigenvalue weighted by atomic mass is 10.1. The van der Waals surface area contributed by atoms with Crippen LogP contribution in [0, 0.1) is 0 Å². The van der Waals surface area contributed by atoms with Gasteiger partial charge in [-0.15, -0.1) is 0 Å². The number of carbonyl (C=O) groups is 1. The number of phenolic OH excluding ortho intramolecular Hbond substituents is 1. The summed E-state index contributed by atoms with van der Waals surface area (Å²) < 4.78 is 0. The Morgan fingerprint density at radius 2 is 2.25 bits per heavy atom. The minimum atomic E-state index is -0.190. The van der Waals surface area contributed by atoms with Gasteiger partial charge in [0, 0.05) is 0 Å². The van der Waals surface area contributed by atoms with Crippen molar-refractivity contribution < 1.29 is 15.0 Å². The van der Waals surface area contributed by atoms with E-state index < -0.39 is 0 Å². The standard InChI is InChI=1S/C12H17NO3/c1-2-10(8-14)13-12(16)7-9-4-3-5-11(15)6-9/h3-6,10,14-15H,2,7-8H2,1H3,(H,13,16)/t10-/m0/s1. The summed E-state index contributed by atoms with van der Waals surface area (Å²) in [6.45, 7) is 1.85. The van der Waals surface area contributed by atoms with E-state index in [9.17, 15) is 9.90 Å². The van der Waals surface area contributed by atoms with Gasteiger partial charge in [-0.25, -0.2) is 0 Å². The molecule has 1 atom stereocenters. The number of aliphatic hydroxyl groups is 1. The minimum absolute atomic E-state index is 0.0533. The predicted molar refractivity (Wildman–Crippen MR) is 61.1 cm³/mol. The summed E-state index contributed by atoms with van der Waals surface area (Å²) >= 11 is 0. The van der Waals surface area contributed by atoms with Gasteiger partial charge in [-0.1, -0.05) is 19.1 Å². The molecule has 0 fully saturated rings. The lowest BCUT2D eigenvalue weighted by Crippen LogP contribution is -2.37. The third kappa shape index (κ3) is 3.90. The molecule has 3 N–H and O–H groups in total. The molecule has 0 spiro atoms. The fourth-order valence-electron chi connectivity index (χ4n) is 1.41. The van der Waals surface area contributed by atoms with Crippen molar-refractivity contribution in [1.82, 2.24) is 5.32 Å². The van der Waals surface area contributed by atoms with Crippen LogP contribution in [-0.4, -0.2) is 28.8 Å². The van der Waals surface area contributed by atoms with E-state index in [0.717, 1.165) is 5.56 Å². The van der Waals surface area contributed by atoms with Crippen LogP contribution in [0.15, 0.2) is 24.3 Å². The van der Waals surface area contributed by atoms with Crippen LogP contribution in [0.1, 0.15) is 18.9 Å². The molecule has 0 unspecified atom stereocenters. The van der Waals surface area contributed by atoms with E-state index in [1.54, 1.807) is 24.3 Å². The number of carbonyl (C=O) groups excluding carboxylic acids is 1. The Morgan fingerprint density at radius 3 is 2.81 bits per heavy atom. The van der Waals surface area contributed by atoms with Gasteiger partial charge in [0.1, 0.15) is 5.75 Å². The lowest BCUT2D eigenvalue weighted by Gasteiger charge is -2.13. The molecule has 0 bridgehead atoms. The van der Waals surface area contributed by atoms with Gasteiger partial charge >= 0.3 is 0 Å². The first-order chi connectivity index (χ1) is 7.65. The van der Waals surface area contributed by atoms with Crippen molar-refractivity contribution in [3.8, 4) is 5.75 Å². The van der Waals surface area contributed by atoms with Crippen LogP contribution in [0.3, 0.4) is 0 Å². The Kier molecular flexibility index (Phi) is 4.79. The second-order valence-corrected chi connectivity index (χ2v) is 3.70. The van der Waals surface area contributed by atoms with Crippen molar-refractivity contribution in [3.63, 3.8) is 0 Å². The van der Waals surface area contributed by atoms with Gasteiger partial charge < -0.3 is 15.5 Å². The highest BCUT2D eigenvalue weighted by atomic mass is 16.3. The molecule has 1 aromatic rings. The van der Waals surface area contributed by atoms with Crippen LogP contribution in [0.5, 0.6) is 5.75 Å². The third-order valence-electron chi connectivity index (χ3n) is 2.35. The van der Waals surface area contributed by atoms with E-state index in [-0.39, 0.29) is 30.7 Å². The van der Waals surface area contributed by atoms with Gasteiger partial charge in [0.2, 0.25) is 5.91 Å². The van der Waals surface area contributed by atoms with Crippen molar-refractivity contribution in [3.05, 3.63) is 29.8 Å². The molecule has 4 nitrogen and oxygen atoms in total. The number of phenols is 1. The van der Waals surface area contributed by atoms with E-state index >= 15 is 0 Å². The smallest absolute Gasteiger partial charge is 0.224 e. The lowest BCUT2D eigenvalue weighted by molar-refractivity contribution is -0.121. The first-order valence-corrected chi connectivity index (χ1v) is 5.33. The Hall–Kier alpha value is -1.55. The second-order valence-electron chi connectivity index (χ2n) is 3.70. The largest absolute Gasteiger partial charge is 0.508 e. The van der Waals surface area contributed by atoms with Gasteiger partial charge in [-0.2, -0.15) is 0 Å². The molecule has 0 aliphatic rings. The Labute approximate surface area is 94.9 Å². The number of aromatic hydroxyl groups is 1. The molecule has 0 saturated heterocycles. The molecule has 0 aromatic heterocycles. The molecule has 0 aliphatic heterocycles. The maximum Gasteiger partial charge on any atom is 0.224 e. The first kappa shape index (κ1) is 12.5. The predicted octanol–water partition coefficient (Wildman–Crippen LogP) is 0.822.